The van der Waals surface area contributed by atoms with Crippen molar-refractivity contribution in [3.63, 3.8) is 0 Å². The van der Waals surface area contributed by atoms with Crippen molar-refractivity contribution in [2.45, 2.75) is 77.9 Å². The van der Waals surface area contributed by atoms with Crippen LogP contribution in [0.1, 0.15) is 83.4 Å². The Balaban J connectivity index is 2.18. The fourth-order valence-electron chi connectivity index (χ4n) is 3.07. The fraction of sp³-hybridized carbons (Fsp3) is 0.684. The van der Waals surface area contributed by atoms with Gasteiger partial charge in [-0.05, 0) is 44.4 Å². The molecule has 1 aromatic rings. The Morgan fingerprint density at radius 3 is 2.71 bits per heavy atom. The van der Waals surface area contributed by atoms with Gasteiger partial charge in [0.2, 0.25) is 0 Å². The lowest BCUT2D eigenvalue weighted by Crippen LogP contribution is -2.39. The minimum Gasteiger partial charge on any atom is -0.487 e. The van der Waals surface area contributed by atoms with E-state index in [1.165, 1.54) is 30.4 Å². The molecule has 0 bridgehead atoms. The molecule has 1 atom stereocenters. The highest BCUT2D eigenvalue weighted by molar-refractivity contribution is 5.42. The molecule has 0 radical (unpaired) electrons. The zero-order valence-electron chi connectivity index (χ0n) is 14.3. The highest BCUT2D eigenvalue weighted by Gasteiger charge is 2.33. The van der Waals surface area contributed by atoms with E-state index in [0.717, 1.165) is 18.7 Å². The molecular weight excluding hydrogens is 258 g/mol. The summed E-state index contributed by atoms with van der Waals surface area (Å²) < 4.78 is 6.17. The van der Waals surface area contributed by atoms with Crippen LogP contribution in [0.4, 0.5) is 0 Å². The molecule has 2 heteroatoms. The third-order valence-corrected chi connectivity index (χ3v) is 4.33. The maximum Gasteiger partial charge on any atom is 0.124 e. The molecule has 0 saturated heterocycles. The average Bonchev–Trinajstić information content (AvgIpc) is 2.41. The molecule has 1 N–H and O–H groups in total. The van der Waals surface area contributed by atoms with Crippen molar-refractivity contribution < 1.29 is 4.74 Å². The third kappa shape index (κ3) is 4.23. The van der Waals surface area contributed by atoms with E-state index in [1.807, 2.05) is 0 Å². The van der Waals surface area contributed by atoms with Gasteiger partial charge in [-0.1, -0.05) is 45.7 Å². The molecule has 0 spiro atoms. The van der Waals surface area contributed by atoms with Crippen molar-refractivity contribution in [1.82, 2.24) is 5.32 Å². The van der Waals surface area contributed by atoms with Gasteiger partial charge in [0.1, 0.15) is 11.4 Å². The summed E-state index contributed by atoms with van der Waals surface area (Å²) in [4.78, 5) is 0. The van der Waals surface area contributed by atoms with Crippen molar-refractivity contribution in [3.8, 4) is 5.75 Å². The van der Waals surface area contributed by atoms with Gasteiger partial charge in [0.05, 0.1) is 0 Å². The van der Waals surface area contributed by atoms with Crippen LogP contribution in [0.3, 0.4) is 0 Å². The molecule has 1 aliphatic rings. The molecule has 0 saturated carbocycles. The van der Waals surface area contributed by atoms with Crippen LogP contribution >= 0.6 is 0 Å². The van der Waals surface area contributed by atoms with Crippen LogP contribution < -0.4 is 10.1 Å². The van der Waals surface area contributed by atoms with Crippen LogP contribution in [-0.4, -0.2) is 12.1 Å². The Bertz CT molecular complexity index is 465. The van der Waals surface area contributed by atoms with E-state index in [-0.39, 0.29) is 5.60 Å². The predicted octanol–water partition coefficient (Wildman–Crippen LogP) is 5.19. The van der Waals surface area contributed by atoms with E-state index in [2.05, 4.69) is 58.1 Å². The number of nitrogens with one attached hydrogen (secondary N) is 1. The summed E-state index contributed by atoms with van der Waals surface area (Å²) in [5, 5.41) is 3.75. The molecule has 0 fully saturated rings. The number of fused-ring (bicyclic) bond motifs is 1. The highest BCUT2D eigenvalue weighted by Crippen LogP contribution is 2.40. The van der Waals surface area contributed by atoms with Crippen molar-refractivity contribution >= 4 is 0 Å². The Kier molecular flexibility index (Phi) is 5.32. The summed E-state index contributed by atoms with van der Waals surface area (Å²) in [6, 6.07) is 7.12. The second-order valence-electron chi connectivity index (χ2n) is 7.23. The number of hydrogen-bond donors (Lipinski definition) is 1. The molecule has 1 aliphatic heterocycles. The summed E-state index contributed by atoms with van der Waals surface area (Å²) >= 11 is 0. The van der Waals surface area contributed by atoms with Gasteiger partial charge in [0.25, 0.3) is 0 Å². The van der Waals surface area contributed by atoms with Gasteiger partial charge >= 0.3 is 0 Å². The zero-order valence-corrected chi connectivity index (χ0v) is 14.3. The fourth-order valence-corrected chi connectivity index (χ4v) is 3.07. The number of unbranched alkanes of at least 4 members (excludes halogenated alkanes) is 2. The van der Waals surface area contributed by atoms with Crippen LogP contribution in [0, 0.1) is 0 Å². The van der Waals surface area contributed by atoms with Crippen LogP contribution in [-0.2, 0) is 0 Å². The molecule has 0 aliphatic carbocycles. The molecule has 1 heterocycles. The molecular formula is C19H31NO. The first-order valence-corrected chi connectivity index (χ1v) is 8.49. The normalized spacial score (nSPS) is 20.2. The summed E-state index contributed by atoms with van der Waals surface area (Å²) in [5.41, 5.74) is 2.66. The maximum absolute atomic E-state index is 6.17. The van der Waals surface area contributed by atoms with Gasteiger partial charge in [-0.3, -0.25) is 0 Å². The Labute approximate surface area is 130 Å². The first-order valence-electron chi connectivity index (χ1n) is 8.49. The molecule has 0 aromatic heterocycles. The van der Waals surface area contributed by atoms with Crippen LogP contribution in [0.2, 0.25) is 0 Å². The predicted molar refractivity (Wildman–Crippen MR) is 90.1 cm³/mol. The lowest BCUT2D eigenvalue weighted by atomic mass is 9.87. The average molecular weight is 289 g/mol. The summed E-state index contributed by atoms with van der Waals surface area (Å²) in [7, 11) is 0. The number of hydrogen-bond acceptors (Lipinski definition) is 2. The first kappa shape index (κ1) is 16.4. The number of ether oxygens (including phenoxy) is 1. The zero-order chi connectivity index (χ0) is 15.5. The van der Waals surface area contributed by atoms with E-state index in [9.17, 15) is 0 Å². The molecule has 1 aromatic carbocycles. The molecule has 21 heavy (non-hydrogen) atoms. The number of rotatable bonds is 6. The Morgan fingerprint density at radius 2 is 2.05 bits per heavy atom. The van der Waals surface area contributed by atoms with Crippen molar-refractivity contribution in [3.05, 3.63) is 29.3 Å². The molecule has 2 nitrogen and oxygen atoms in total. The number of benzene rings is 1. The Morgan fingerprint density at radius 1 is 1.29 bits per heavy atom. The van der Waals surface area contributed by atoms with Gasteiger partial charge in [-0.25, -0.2) is 0 Å². The summed E-state index contributed by atoms with van der Waals surface area (Å²) in [6.07, 6.45) is 4.87. The van der Waals surface area contributed by atoms with Crippen LogP contribution in [0.25, 0.3) is 0 Å². The maximum atomic E-state index is 6.17. The lowest BCUT2D eigenvalue weighted by molar-refractivity contribution is 0.0660. The van der Waals surface area contributed by atoms with Crippen LogP contribution in [0.15, 0.2) is 18.2 Å². The van der Waals surface area contributed by atoms with E-state index in [0.29, 0.717) is 12.0 Å². The van der Waals surface area contributed by atoms with Gasteiger partial charge in [-0.2, -0.15) is 0 Å². The lowest BCUT2D eigenvalue weighted by Gasteiger charge is -2.38. The third-order valence-electron chi connectivity index (χ3n) is 4.33. The van der Waals surface area contributed by atoms with E-state index in [1.54, 1.807) is 0 Å². The van der Waals surface area contributed by atoms with E-state index >= 15 is 0 Å². The van der Waals surface area contributed by atoms with Crippen LogP contribution in [0.5, 0.6) is 5.75 Å². The van der Waals surface area contributed by atoms with Gasteiger partial charge in [-0.15, -0.1) is 0 Å². The molecule has 118 valence electrons. The first-order chi connectivity index (χ1) is 9.93. The standard InChI is InChI=1S/C19H31NO/c1-6-7-8-11-20-17-13-19(4,5)21-18-10-9-15(14(2)3)12-16(17)18/h9-10,12,14,17,20H,6-8,11,13H2,1-5H3. The van der Waals surface area contributed by atoms with E-state index in [4.69, 9.17) is 4.74 Å². The van der Waals surface area contributed by atoms with Crippen molar-refractivity contribution in [1.29, 1.82) is 0 Å². The quantitative estimate of drug-likeness (QED) is 0.727. The smallest absolute Gasteiger partial charge is 0.124 e. The SMILES string of the molecule is CCCCCNC1CC(C)(C)Oc2ccc(C(C)C)cc21. The van der Waals surface area contributed by atoms with E-state index < -0.39 is 0 Å². The van der Waals surface area contributed by atoms with Gasteiger partial charge in [0.15, 0.2) is 0 Å². The Hall–Kier alpha value is -1.02. The second-order valence-corrected chi connectivity index (χ2v) is 7.23. The molecule has 0 amide bonds. The van der Waals surface area contributed by atoms with Crippen molar-refractivity contribution in [2.24, 2.45) is 0 Å². The largest absolute Gasteiger partial charge is 0.487 e. The monoisotopic (exact) mass is 289 g/mol. The second kappa shape index (κ2) is 6.83. The summed E-state index contributed by atoms with van der Waals surface area (Å²) in [6.45, 7) is 12.2. The molecule has 1 unspecified atom stereocenters. The minimum atomic E-state index is -0.0885. The highest BCUT2D eigenvalue weighted by atomic mass is 16.5. The molecule has 2 rings (SSSR count). The van der Waals surface area contributed by atoms with Crippen molar-refractivity contribution in [2.75, 3.05) is 6.54 Å². The summed E-state index contributed by atoms with van der Waals surface area (Å²) in [5.74, 6) is 1.62. The topological polar surface area (TPSA) is 21.3 Å². The van der Waals surface area contributed by atoms with Gasteiger partial charge in [0, 0.05) is 18.0 Å². The minimum absolute atomic E-state index is 0.0885. The van der Waals surface area contributed by atoms with Gasteiger partial charge < -0.3 is 10.1 Å².